The quantitative estimate of drug-likeness (QED) is 0.365. The molecule has 0 saturated carbocycles. The first kappa shape index (κ1) is 23.3. The normalized spacial score (nSPS) is 10.2. The summed E-state index contributed by atoms with van der Waals surface area (Å²) >= 11 is 0. The molecule has 0 heterocycles. The fourth-order valence-electron chi connectivity index (χ4n) is 2.98. The van der Waals surface area contributed by atoms with E-state index in [2.05, 4.69) is 10.6 Å². The van der Waals surface area contributed by atoms with E-state index >= 15 is 0 Å². The third kappa shape index (κ3) is 6.54. The van der Waals surface area contributed by atoms with Crippen LogP contribution in [0.5, 0.6) is 11.5 Å². The van der Waals surface area contributed by atoms with Gasteiger partial charge in [0.15, 0.2) is 6.61 Å². The highest BCUT2D eigenvalue weighted by atomic mass is 16.6. The Morgan fingerprint density at radius 1 is 0.879 bits per heavy atom. The molecule has 3 aromatic rings. The van der Waals surface area contributed by atoms with Crippen molar-refractivity contribution in [1.29, 1.82) is 0 Å². The third-order valence-corrected chi connectivity index (χ3v) is 4.59. The number of nitro benzene ring substituents is 1. The summed E-state index contributed by atoms with van der Waals surface area (Å²) in [5.41, 5.74) is 2.00. The third-order valence-electron chi connectivity index (χ3n) is 4.59. The summed E-state index contributed by atoms with van der Waals surface area (Å²) in [5.74, 6) is 0.393. The maximum atomic E-state index is 12.4. The number of ether oxygens (including phenoxy) is 2. The predicted octanol–water partition coefficient (Wildman–Crippen LogP) is 4.57. The monoisotopic (exact) mass is 449 g/mol. The molecule has 0 aliphatic rings. The highest BCUT2D eigenvalue weighted by Gasteiger charge is 2.12. The molecule has 170 valence electrons. The lowest BCUT2D eigenvalue weighted by Crippen LogP contribution is -2.20. The Morgan fingerprint density at radius 2 is 1.48 bits per heavy atom. The molecular weight excluding hydrogens is 426 g/mol. The van der Waals surface area contributed by atoms with Crippen LogP contribution in [0, 0.1) is 17.0 Å². The van der Waals surface area contributed by atoms with Gasteiger partial charge in [-0.2, -0.15) is 0 Å². The lowest BCUT2D eigenvalue weighted by molar-refractivity contribution is -0.385. The first-order chi connectivity index (χ1) is 15.9. The van der Waals surface area contributed by atoms with Gasteiger partial charge in [0.25, 0.3) is 17.5 Å². The molecule has 0 bridgehead atoms. The number of hydrogen-bond donors (Lipinski definition) is 2. The lowest BCUT2D eigenvalue weighted by atomic mass is 10.2. The van der Waals surface area contributed by atoms with E-state index in [1.54, 1.807) is 55.5 Å². The summed E-state index contributed by atoms with van der Waals surface area (Å²) in [6, 6.07) is 17.8. The van der Waals surface area contributed by atoms with Gasteiger partial charge in [-0.1, -0.05) is 0 Å². The van der Waals surface area contributed by atoms with E-state index in [9.17, 15) is 19.7 Å². The zero-order valence-corrected chi connectivity index (χ0v) is 18.2. The molecule has 0 atom stereocenters. The second-order valence-electron chi connectivity index (χ2n) is 7.03. The minimum absolute atomic E-state index is 0.0153. The van der Waals surface area contributed by atoms with Crippen LogP contribution in [-0.4, -0.2) is 30.0 Å². The molecule has 9 heteroatoms. The van der Waals surface area contributed by atoms with Gasteiger partial charge >= 0.3 is 0 Å². The predicted molar refractivity (Wildman–Crippen MR) is 124 cm³/mol. The number of carbonyl (C=O) groups excluding carboxylic acids is 2. The van der Waals surface area contributed by atoms with Crippen LogP contribution in [0.15, 0.2) is 66.7 Å². The minimum Gasteiger partial charge on any atom is -0.494 e. The summed E-state index contributed by atoms with van der Waals surface area (Å²) in [6.07, 6.45) is 0. The molecular formula is C24H23N3O6. The van der Waals surface area contributed by atoms with Crippen LogP contribution in [0.3, 0.4) is 0 Å². The number of rotatable bonds is 9. The van der Waals surface area contributed by atoms with Crippen molar-refractivity contribution in [2.24, 2.45) is 0 Å². The van der Waals surface area contributed by atoms with Gasteiger partial charge in [0, 0.05) is 28.6 Å². The van der Waals surface area contributed by atoms with Gasteiger partial charge in [-0.3, -0.25) is 19.7 Å². The van der Waals surface area contributed by atoms with Crippen LogP contribution in [0.25, 0.3) is 0 Å². The van der Waals surface area contributed by atoms with Crippen LogP contribution in [0.2, 0.25) is 0 Å². The van der Waals surface area contributed by atoms with Crippen molar-refractivity contribution in [3.05, 3.63) is 88.0 Å². The first-order valence-corrected chi connectivity index (χ1v) is 10.2. The summed E-state index contributed by atoms with van der Waals surface area (Å²) in [5, 5.41) is 16.3. The molecule has 3 rings (SSSR count). The molecule has 0 aliphatic carbocycles. The van der Waals surface area contributed by atoms with Crippen molar-refractivity contribution >= 4 is 28.9 Å². The number of nitro groups is 1. The van der Waals surface area contributed by atoms with Gasteiger partial charge in [0.05, 0.1) is 11.5 Å². The van der Waals surface area contributed by atoms with E-state index in [0.717, 1.165) is 5.75 Å². The van der Waals surface area contributed by atoms with Crippen LogP contribution in [-0.2, 0) is 4.79 Å². The van der Waals surface area contributed by atoms with Gasteiger partial charge in [-0.05, 0) is 74.5 Å². The fraction of sp³-hybridized carbons (Fsp3) is 0.167. The maximum absolute atomic E-state index is 12.4. The molecule has 0 aliphatic heterocycles. The van der Waals surface area contributed by atoms with Crippen molar-refractivity contribution < 1.29 is 24.0 Å². The average Bonchev–Trinajstić information content (AvgIpc) is 2.79. The molecule has 0 fully saturated rings. The lowest BCUT2D eigenvalue weighted by Gasteiger charge is -2.10. The number of anilines is 2. The molecule has 0 radical (unpaired) electrons. The summed E-state index contributed by atoms with van der Waals surface area (Å²) in [7, 11) is 0. The minimum atomic E-state index is -0.478. The summed E-state index contributed by atoms with van der Waals surface area (Å²) in [4.78, 5) is 35.0. The number of aryl methyl sites for hydroxylation is 1. The number of nitrogens with one attached hydrogen (secondary N) is 2. The Kier molecular flexibility index (Phi) is 7.59. The zero-order valence-electron chi connectivity index (χ0n) is 18.2. The number of carbonyl (C=O) groups is 2. The molecule has 33 heavy (non-hydrogen) atoms. The average molecular weight is 449 g/mol. The van der Waals surface area contributed by atoms with Gasteiger partial charge in [-0.15, -0.1) is 0 Å². The van der Waals surface area contributed by atoms with Crippen LogP contribution >= 0.6 is 0 Å². The standard InChI is InChI=1S/C24H23N3O6/c1-3-32-20-10-8-19(9-11-20)26-24(29)17-4-6-18(7-5-17)25-23(28)15-33-21-12-13-22(27(30)31)16(2)14-21/h4-14H,3,15H2,1-2H3,(H,25,28)(H,26,29). The second kappa shape index (κ2) is 10.8. The SMILES string of the molecule is CCOc1ccc(NC(=O)c2ccc(NC(=O)COc3ccc([N+](=O)[O-])c(C)c3)cc2)cc1. The Hall–Kier alpha value is -4.40. The molecule has 3 aromatic carbocycles. The first-order valence-electron chi connectivity index (χ1n) is 10.2. The van der Waals surface area contributed by atoms with Crippen molar-refractivity contribution in [3.8, 4) is 11.5 Å². The summed E-state index contributed by atoms with van der Waals surface area (Å²) in [6.45, 7) is 3.79. The smallest absolute Gasteiger partial charge is 0.272 e. The molecule has 0 unspecified atom stereocenters. The highest BCUT2D eigenvalue weighted by molar-refractivity contribution is 6.04. The van der Waals surface area contributed by atoms with Crippen LogP contribution in [0.4, 0.5) is 17.1 Å². The molecule has 2 N–H and O–H groups in total. The number of nitrogens with zero attached hydrogens (tertiary/aromatic N) is 1. The molecule has 9 nitrogen and oxygen atoms in total. The van der Waals surface area contributed by atoms with Gasteiger partial charge in [-0.25, -0.2) is 0 Å². The Balaban J connectivity index is 1.51. The van der Waals surface area contributed by atoms with E-state index in [0.29, 0.717) is 34.9 Å². The van der Waals surface area contributed by atoms with Gasteiger partial charge in [0.1, 0.15) is 11.5 Å². The molecule has 0 spiro atoms. The van der Waals surface area contributed by atoms with E-state index in [1.807, 2.05) is 6.92 Å². The maximum Gasteiger partial charge on any atom is 0.272 e. The van der Waals surface area contributed by atoms with Crippen molar-refractivity contribution in [2.75, 3.05) is 23.8 Å². The fourth-order valence-corrected chi connectivity index (χ4v) is 2.98. The number of hydrogen-bond acceptors (Lipinski definition) is 6. The van der Waals surface area contributed by atoms with Crippen LogP contribution in [0.1, 0.15) is 22.8 Å². The topological polar surface area (TPSA) is 120 Å². The Bertz CT molecular complexity index is 1140. The van der Waals surface area contributed by atoms with Crippen molar-refractivity contribution in [1.82, 2.24) is 0 Å². The Labute approximate surface area is 190 Å². The number of amides is 2. The van der Waals surface area contributed by atoms with E-state index in [4.69, 9.17) is 9.47 Å². The summed E-state index contributed by atoms with van der Waals surface area (Å²) < 4.78 is 10.8. The largest absolute Gasteiger partial charge is 0.494 e. The van der Waals surface area contributed by atoms with E-state index in [1.165, 1.54) is 18.2 Å². The highest BCUT2D eigenvalue weighted by Crippen LogP contribution is 2.23. The van der Waals surface area contributed by atoms with E-state index < -0.39 is 10.8 Å². The molecule has 0 aromatic heterocycles. The Morgan fingerprint density at radius 3 is 2.09 bits per heavy atom. The van der Waals surface area contributed by atoms with E-state index in [-0.39, 0.29) is 18.2 Å². The molecule has 2 amide bonds. The zero-order chi connectivity index (χ0) is 23.8. The van der Waals surface area contributed by atoms with Gasteiger partial charge < -0.3 is 20.1 Å². The number of benzene rings is 3. The van der Waals surface area contributed by atoms with Crippen LogP contribution < -0.4 is 20.1 Å². The van der Waals surface area contributed by atoms with Gasteiger partial charge in [0.2, 0.25) is 0 Å². The second-order valence-corrected chi connectivity index (χ2v) is 7.03. The van der Waals surface area contributed by atoms with Crippen molar-refractivity contribution in [3.63, 3.8) is 0 Å². The molecule has 0 saturated heterocycles. The van der Waals surface area contributed by atoms with Crippen molar-refractivity contribution in [2.45, 2.75) is 13.8 Å².